The van der Waals surface area contributed by atoms with Crippen molar-refractivity contribution in [1.29, 1.82) is 0 Å². The zero-order chi connectivity index (χ0) is 29.3. The lowest BCUT2D eigenvalue weighted by atomic mass is 10.0. The third-order valence-corrected chi connectivity index (χ3v) is 6.37. The summed E-state index contributed by atoms with van der Waals surface area (Å²) in [6.45, 7) is 1.77. The Kier molecular flexibility index (Phi) is 8.79. The average molecular weight is 561 g/mol. The van der Waals surface area contributed by atoms with Gasteiger partial charge in [-0.1, -0.05) is 48.5 Å². The van der Waals surface area contributed by atoms with Crippen LogP contribution in [0.15, 0.2) is 114 Å². The number of rotatable bonds is 10. The number of hydrogen-bond acceptors (Lipinski definition) is 7. The monoisotopic (exact) mass is 560 g/mol. The van der Waals surface area contributed by atoms with E-state index in [1.165, 1.54) is 10.8 Å². The highest BCUT2D eigenvalue weighted by atomic mass is 16.5. The van der Waals surface area contributed by atoms with Crippen LogP contribution < -0.4 is 15.6 Å². The largest absolute Gasteiger partial charge is 0.487 e. The van der Waals surface area contributed by atoms with Crippen LogP contribution in [0.5, 0.6) is 5.75 Å². The van der Waals surface area contributed by atoms with Gasteiger partial charge in [-0.2, -0.15) is 0 Å². The number of amides is 1. The normalized spacial score (nSPS) is 10.6. The van der Waals surface area contributed by atoms with Crippen molar-refractivity contribution < 1.29 is 19.1 Å². The van der Waals surface area contributed by atoms with Crippen LogP contribution in [0.2, 0.25) is 0 Å². The Morgan fingerprint density at radius 1 is 0.810 bits per heavy atom. The lowest BCUT2D eigenvalue weighted by Crippen LogP contribution is -2.31. The van der Waals surface area contributed by atoms with Crippen molar-refractivity contribution in [3.63, 3.8) is 0 Å². The van der Waals surface area contributed by atoms with Crippen LogP contribution >= 0.6 is 0 Å². The number of aromatic nitrogens is 3. The highest BCUT2D eigenvalue weighted by molar-refractivity contribution is 6.04. The number of ether oxygens (including phenoxy) is 2. The van der Waals surface area contributed by atoms with Crippen molar-refractivity contribution in [2.75, 3.05) is 11.9 Å². The minimum absolute atomic E-state index is 0.0597. The van der Waals surface area contributed by atoms with Gasteiger partial charge in [0, 0.05) is 17.3 Å². The highest BCUT2D eigenvalue weighted by Gasteiger charge is 2.18. The lowest BCUT2D eigenvalue weighted by molar-refractivity contribution is -0.143. The van der Waals surface area contributed by atoms with E-state index in [1.807, 2.05) is 60.7 Å². The third-order valence-electron chi connectivity index (χ3n) is 6.37. The van der Waals surface area contributed by atoms with Crippen LogP contribution in [0.25, 0.3) is 22.5 Å². The summed E-state index contributed by atoms with van der Waals surface area (Å²) in [6, 6.07) is 29.4. The second kappa shape index (κ2) is 13.2. The van der Waals surface area contributed by atoms with Crippen LogP contribution in [-0.2, 0) is 22.7 Å². The maximum absolute atomic E-state index is 13.5. The zero-order valence-electron chi connectivity index (χ0n) is 22.9. The number of pyridine rings is 1. The first-order valence-electron chi connectivity index (χ1n) is 13.4. The molecule has 210 valence electrons. The van der Waals surface area contributed by atoms with E-state index in [-0.39, 0.29) is 24.7 Å². The van der Waals surface area contributed by atoms with Crippen LogP contribution in [0.1, 0.15) is 23.0 Å². The molecular weight excluding hydrogens is 532 g/mol. The summed E-state index contributed by atoms with van der Waals surface area (Å²) in [5.74, 6) is -0.225. The van der Waals surface area contributed by atoms with Gasteiger partial charge in [-0.05, 0) is 66.6 Å². The third kappa shape index (κ3) is 6.76. The number of hydrogen-bond donors (Lipinski definition) is 1. The number of carbonyl (C=O) groups is 2. The van der Waals surface area contributed by atoms with E-state index >= 15 is 0 Å². The van der Waals surface area contributed by atoms with Gasteiger partial charge in [-0.3, -0.25) is 23.9 Å². The fraction of sp³-hybridized carbons (Fsp3) is 0.121. The van der Waals surface area contributed by atoms with Crippen LogP contribution in [0, 0.1) is 0 Å². The molecule has 2 heterocycles. The van der Waals surface area contributed by atoms with Gasteiger partial charge in [0.05, 0.1) is 18.5 Å². The second-order valence-corrected chi connectivity index (χ2v) is 9.22. The molecule has 0 aliphatic heterocycles. The molecule has 0 fully saturated rings. The Morgan fingerprint density at radius 2 is 1.50 bits per heavy atom. The minimum atomic E-state index is -0.599. The molecule has 0 aliphatic carbocycles. The van der Waals surface area contributed by atoms with Gasteiger partial charge in [0.25, 0.3) is 11.5 Å². The maximum atomic E-state index is 13.5. The molecule has 0 atom stereocenters. The first kappa shape index (κ1) is 28.0. The standard InChI is InChI=1S/C33H28N4O5/c1-2-41-30(38)21-37-31(25-15-17-28(18-16-25)42-22-27-10-6-7-19-34-27)35-20-29(33(37)40)36-32(39)26-13-11-24(12-14-26)23-8-4-3-5-9-23/h3-20H,2,21-22H2,1H3,(H,36,39). The summed E-state index contributed by atoms with van der Waals surface area (Å²) in [7, 11) is 0. The Hall–Kier alpha value is -5.57. The molecule has 0 aliphatic rings. The Labute approximate surface area is 242 Å². The zero-order valence-corrected chi connectivity index (χ0v) is 22.9. The highest BCUT2D eigenvalue weighted by Crippen LogP contribution is 2.22. The minimum Gasteiger partial charge on any atom is -0.487 e. The molecule has 5 aromatic rings. The van der Waals surface area contributed by atoms with E-state index in [4.69, 9.17) is 9.47 Å². The number of esters is 1. The fourth-order valence-electron chi connectivity index (χ4n) is 4.27. The van der Waals surface area contributed by atoms with E-state index in [0.717, 1.165) is 16.8 Å². The lowest BCUT2D eigenvalue weighted by Gasteiger charge is -2.14. The van der Waals surface area contributed by atoms with Crippen molar-refractivity contribution in [3.05, 3.63) is 131 Å². The van der Waals surface area contributed by atoms with Crippen molar-refractivity contribution in [3.8, 4) is 28.3 Å². The summed E-state index contributed by atoms with van der Waals surface area (Å²) in [4.78, 5) is 47.6. The van der Waals surface area contributed by atoms with Crippen molar-refractivity contribution in [1.82, 2.24) is 14.5 Å². The van der Waals surface area contributed by atoms with Gasteiger partial charge in [-0.15, -0.1) is 0 Å². The maximum Gasteiger partial charge on any atom is 0.326 e. The molecule has 0 saturated heterocycles. The molecule has 1 amide bonds. The van der Waals surface area contributed by atoms with Gasteiger partial charge in [-0.25, -0.2) is 4.98 Å². The van der Waals surface area contributed by atoms with Gasteiger partial charge in [0.2, 0.25) is 0 Å². The molecule has 0 radical (unpaired) electrons. The van der Waals surface area contributed by atoms with Crippen LogP contribution in [-0.4, -0.2) is 33.0 Å². The number of nitrogens with zero attached hydrogens (tertiary/aromatic N) is 3. The van der Waals surface area contributed by atoms with Gasteiger partial charge in [0.15, 0.2) is 0 Å². The van der Waals surface area contributed by atoms with E-state index < -0.39 is 17.4 Å². The molecule has 3 aromatic carbocycles. The summed E-state index contributed by atoms with van der Waals surface area (Å²) in [6.07, 6.45) is 2.99. The number of anilines is 1. The quantitative estimate of drug-likeness (QED) is 0.229. The fourth-order valence-corrected chi connectivity index (χ4v) is 4.27. The van der Waals surface area contributed by atoms with E-state index in [1.54, 1.807) is 49.5 Å². The van der Waals surface area contributed by atoms with Gasteiger partial charge in [0.1, 0.15) is 30.4 Å². The van der Waals surface area contributed by atoms with Gasteiger partial charge < -0.3 is 14.8 Å². The molecule has 0 bridgehead atoms. The summed E-state index contributed by atoms with van der Waals surface area (Å²) in [5.41, 5.74) is 3.08. The topological polar surface area (TPSA) is 112 Å². The smallest absolute Gasteiger partial charge is 0.326 e. The van der Waals surface area contributed by atoms with Crippen LogP contribution in [0.4, 0.5) is 5.69 Å². The Balaban J connectivity index is 1.37. The average Bonchev–Trinajstić information content (AvgIpc) is 3.03. The first-order valence-corrected chi connectivity index (χ1v) is 13.4. The molecule has 5 rings (SSSR count). The molecule has 42 heavy (non-hydrogen) atoms. The summed E-state index contributed by atoms with van der Waals surface area (Å²) < 4.78 is 12.1. The molecule has 9 nitrogen and oxygen atoms in total. The van der Waals surface area contributed by atoms with Crippen molar-refractivity contribution >= 4 is 17.6 Å². The Bertz CT molecular complexity index is 1720. The van der Waals surface area contributed by atoms with Crippen molar-refractivity contribution in [2.45, 2.75) is 20.1 Å². The molecule has 0 spiro atoms. The molecule has 2 aromatic heterocycles. The van der Waals surface area contributed by atoms with E-state index in [9.17, 15) is 14.4 Å². The molecular formula is C33H28N4O5. The molecule has 0 saturated carbocycles. The first-order chi connectivity index (χ1) is 20.5. The van der Waals surface area contributed by atoms with Crippen molar-refractivity contribution in [2.24, 2.45) is 0 Å². The summed E-state index contributed by atoms with van der Waals surface area (Å²) >= 11 is 0. The molecule has 1 N–H and O–H groups in total. The predicted octanol–water partition coefficient (Wildman–Crippen LogP) is 5.37. The SMILES string of the molecule is CCOC(=O)Cn1c(-c2ccc(OCc3ccccn3)cc2)ncc(NC(=O)c2ccc(-c3ccccc3)cc2)c1=O. The van der Waals surface area contributed by atoms with E-state index in [0.29, 0.717) is 23.5 Å². The predicted molar refractivity (Wildman–Crippen MR) is 159 cm³/mol. The van der Waals surface area contributed by atoms with Gasteiger partial charge >= 0.3 is 5.97 Å². The van der Waals surface area contributed by atoms with Crippen LogP contribution in [0.3, 0.4) is 0 Å². The molecule has 9 heteroatoms. The summed E-state index contributed by atoms with van der Waals surface area (Å²) in [5, 5.41) is 2.64. The van der Waals surface area contributed by atoms with E-state index in [2.05, 4.69) is 15.3 Å². The Morgan fingerprint density at radius 3 is 2.19 bits per heavy atom. The number of benzene rings is 3. The molecule has 0 unspecified atom stereocenters. The number of carbonyl (C=O) groups excluding carboxylic acids is 2. The number of nitrogens with one attached hydrogen (secondary N) is 1. The second-order valence-electron chi connectivity index (χ2n) is 9.22.